The molecule has 2 saturated carbocycles. The predicted molar refractivity (Wildman–Crippen MR) is 91.4 cm³/mol. The van der Waals surface area contributed by atoms with E-state index in [0.717, 1.165) is 38.5 Å². The molecule has 0 bridgehead atoms. The summed E-state index contributed by atoms with van der Waals surface area (Å²) < 4.78 is 0. The predicted octanol–water partition coefficient (Wildman–Crippen LogP) is 2.10. The third kappa shape index (κ3) is 3.62. The van der Waals surface area contributed by atoms with Crippen LogP contribution >= 0.6 is 0 Å². The summed E-state index contributed by atoms with van der Waals surface area (Å²) in [4.78, 5) is 70.2. The number of hydrogen-bond donors (Lipinski definition) is 0. The maximum atomic E-state index is 12.3. The summed E-state index contributed by atoms with van der Waals surface area (Å²) in [6.07, 6.45) is 6.20. The number of amides is 4. The standard InChI is InChI=1S/C19H24N2O7/c22-15-9-13(7-11-3-1-4-11)17(24)20(15)27-19(26)28-21-16(23)10-14(18(21)25)8-12-5-2-6-12/h11-14H,1-10H2. The second kappa shape index (κ2) is 7.52. The van der Waals surface area contributed by atoms with Crippen LogP contribution in [0.15, 0.2) is 0 Å². The van der Waals surface area contributed by atoms with Crippen LogP contribution < -0.4 is 0 Å². The summed E-state index contributed by atoms with van der Waals surface area (Å²) in [7, 11) is 0. The number of hydrogen-bond acceptors (Lipinski definition) is 7. The van der Waals surface area contributed by atoms with Crippen molar-refractivity contribution in [1.29, 1.82) is 0 Å². The van der Waals surface area contributed by atoms with Crippen LogP contribution in [0.25, 0.3) is 0 Å². The SMILES string of the molecule is O=C(ON1C(=O)CC(CC2CCC2)C1=O)ON1C(=O)CC(CC2CCC2)C1=O. The van der Waals surface area contributed by atoms with Gasteiger partial charge in [0.05, 0.1) is 11.8 Å². The molecule has 152 valence electrons. The first kappa shape index (κ1) is 18.9. The number of rotatable bonds is 6. The molecule has 0 aromatic rings. The Hall–Kier alpha value is -2.45. The molecule has 0 aromatic heterocycles. The van der Waals surface area contributed by atoms with Gasteiger partial charge in [-0.3, -0.25) is 28.9 Å². The first-order chi connectivity index (χ1) is 13.4. The Morgan fingerprint density at radius 1 is 0.750 bits per heavy atom. The molecule has 2 unspecified atom stereocenters. The summed E-state index contributed by atoms with van der Waals surface area (Å²) >= 11 is 0. The lowest BCUT2D eigenvalue weighted by molar-refractivity contribution is -0.199. The number of carbonyl (C=O) groups excluding carboxylic acids is 5. The van der Waals surface area contributed by atoms with Crippen LogP contribution in [0, 0.1) is 23.7 Å². The van der Waals surface area contributed by atoms with Gasteiger partial charge in [-0.1, -0.05) is 48.7 Å². The summed E-state index contributed by atoms with van der Waals surface area (Å²) in [5.41, 5.74) is 0. The Morgan fingerprint density at radius 3 is 1.46 bits per heavy atom. The number of imide groups is 2. The van der Waals surface area contributed by atoms with Gasteiger partial charge in [-0.2, -0.15) is 4.79 Å². The molecule has 0 spiro atoms. The molecule has 4 rings (SSSR count). The molecule has 2 saturated heterocycles. The molecule has 4 amide bonds. The molecular formula is C19H24N2O7. The molecule has 2 atom stereocenters. The minimum Gasteiger partial charge on any atom is -0.293 e. The topological polar surface area (TPSA) is 110 Å². The molecule has 2 aliphatic heterocycles. The Kier molecular flexibility index (Phi) is 5.07. The van der Waals surface area contributed by atoms with Gasteiger partial charge >= 0.3 is 6.16 Å². The van der Waals surface area contributed by atoms with E-state index in [2.05, 4.69) is 0 Å². The normalized spacial score (nSPS) is 28.6. The quantitative estimate of drug-likeness (QED) is 0.637. The Labute approximate surface area is 162 Å². The summed E-state index contributed by atoms with van der Waals surface area (Å²) in [5, 5.41) is 0.811. The molecular weight excluding hydrogens is 368 g/mol. The Balaban J connectivity index is 1.29. The van der Waals surface area contributed by atoms with Gasteiger partial charge in [0.2, 0.25) is 0 Å². The zero-order chi connectivity index (χ0) is 19.8. The zero-order valence-corrected chi connectivity index (χ0v) is 15.6. The smallest absolute Gasteiger partial charge is 0.293 e. The van der Waals surface area contributed by atoms with Crippen molar-refractivity contribution >= 4 is 29.8 Å². The number of carbonyl (C=O) groups is 5. The van der Waals surface area contributed by atoms with Gasteiger partial charge in [0.15, 0.2) is 0 Å². The van der Waals surface area contributed by atoms with E-state index in [0.29, 0.717) is 34.8 Å². The van der Waals surface area contributed by atoms with E-state index in [-0.39, 0.29) is 12.8 Å². The second-order valence-electron chi connectivity index (χ2n) is 8.35. The first-order valence-electron chi connectivity index (χ1n) is 10.1. The highest BCUT2D eigenvalue weighted by molar-refractivity contribution is 6.04. The van der Waals surface area contributed by atoms with Gasteiger partial charge in [0.1, 0.15) is 0 Å². The van der Waals surface area contributed by atoms with E-state index in [1.807, 2.05) is 0 Å². The molecule has 2 aliphatic carbocycles. The van der Waals surface area contributed by atoms with Crippen LogP contribution in [0.4, 0.5) is 4.79 Å². The van der Waals surface area contributed by atoms with Gasteiger partial charge in [-0.25, -0.2) is 0 Å². The van der Waals surface area contributed by atoms with E-state index in [1.54, 1.807) is 0 Å². The van der Waals surface area contributed by atoms with Crippen molar-refractivity contribution in [2.45, 2.75) is 64.2 Å². The number of hydroxylamine groups is 4. The van der Waals surface area contributed by atoms with Crippen molar-refractivity contribution in [2.75, 3.05) is 0 Å². The minimum absolute atomic E-state index is 0.00630. The number of nitrogens with zero attached hydrogens (tertiary/aromatic N) is 2. The highest BCUT2D eigenvalue weighted by Gasteiger charge is 2.46. The molecule has 2 heterocycles. The van der Waals surface area contributed by atoms with Gasteiger partial charge in [0.25, 0.3) is 23.6 Å². The van der Waals surface area contributed by atoms with Gasteiger partial charge in [0, 0.05) is 12.8 Å². The van der Waals surface area contributed by atoms with Crippen molar-refractivity contribution in [1.82, 2.24) is 10.1 Å². The molecule has 4 fully saturated rings. The lowest BCUT2D eigenvalue weighted by Crippen LogP contribution is -2.39. The molecule has 0 radical (unpaired) electrons. The minimum atomic E-state index is -1.43. The van der Waals surface area contributed by atoms with Gasteiger partial charge in [-0.05, 0) is 24.7 Å². The molecule has 4 aliphatic rings. The first-order valence-corrected chi connectivity index (χ1v) is 10.1. The van der Waals surface area contributed by atoms with Crippen LogP contribution in [-0.4, -0.2) is 39.9 Å². The maximum Gasteiger partial charge on any atom is 0.560 e. The summed E-state index contributed by atoms with van der Waals surface area (Å²) in [6, 6.07) is 0. The van der Waals surface area contributed by atoms with Crippen LogP contribution in [0.3, 0.4) is 0 Å². The van der Waals surface area contributed by atoms with E-state index in [1.165, 1.54) is 0 Å². The van der Waals surface area contributed by atoms with Crippen molar-refractivity contribution < 1.29 is 33.6 Å². The average molecular weight is 392 g/mol. The van der Waals surface area contributed by atoms with Gasteiger partial charge in [-0.15, -0.1) is 0 Å². The van der Waals surface area contributed by atoms with Crippen LogP contribution in [0.5, 0.6) is 0 Å². The van der Waals surface area contributed by atoms with Crippen LogP contribution in [0.2, 0.25) is 0 Å². The molecule has 0 N–H and O–H groups in total. The van der Waals surface area contributed by atoms with Crippen molar-refractivity contribution in [2.24, 2.45) is 23.7 Å². The average Bonchev–Trinajstić information content (AvgIpc) is 2.99. The summed E-state index contributed by atoms with van der Waals surface area (Å²) in [5.74, 6) is -2.50. The molecule has 28 heavy (non-hydrogen) atoms. The lowest BCUT2D eigenvalue weighted by atomic mass is 9.78. The van der Waals surface area contributed by atoms with E-state index >= 15 is 0 Å². The van der Waals surface area contributed by atoms with Crippen molar-refractivity contribution in [3.8, 4) is 0 Å². The van der Waals surface area contributed by atoms with Crippen molar-refractivity contribution in [3.63, 3.8) is 0 Å². The largest absolute Gasteiger partial charge is 0.560 e. The maximum absolute atomic E-state index is 12.3. The van der Waals surface area contributed by atoms with Gasteiger partial charge < -0.3 is 0 Å². The molecule has 0 aromatic carbocycles. The van der Waals surface area contributed by atoms with Crippen LogP contribution in [0.1, 0.15) is 64.2 Å². The second-order valence-corrected chi connectivity index (χ2v) is 8.35. The fourth-order valence-corrected chi connectivity index (χ4v) is 4.33. The fourth-order valence-electron chi connectivity index (χ4n) is 4.33. The monoisotopic (exact) mass is 392 g/mol. The van der Waals surface area contributed by atoms with E-state index in [4.69, 9.17) is 9.68 Å². The summed E-state index contributed by atoms with van der Waals surface area (Å²) in [6.45, 7) is 0. The molecule has 9 heteroatoms. The highest BCUT2D eigenvalue weighted by Crippen LogP contribution is 2.37. The van der Waals surface area contributed by atoms with E-state index in [9.17, 15) is 24.0 Å². The Bertz CT molecular complexity index is 655. The Morgan fingerprint density at radius 2 is 1.14 bits per heavy atom. The van der Waals surface area contributed by atoms with Crippen LogP contribution in [-0.2, 0) is 28.9 Å². The highest BCUT2D eigenvalue weighted by atomic mass is 16.9. The third-order valence-corrected chi connectivity index (χ3v) is 6.41. The lowest BCUT2D eigenvalue weighted by Gasteiger charge is -2.27. The zero-order valence-electron chi connectivity index (χ0n) is 15.6. The van der Waals surface area contributed by atoms with Crippen molar-refractivity contribution in [3.05, 3.63) is 0 Å². The third-order valence-electron chi connectivity index (χ3n) is 6.41. The fraction of sp³-hybridized carbons (Fsp3) is 0.737. The molecule has 9 nitrogen and oxygen atoms in total. The van der Waals surface area contributed by atoms with E-state index < -0.39 is 41.6 Å².